The van der Waals surface area contributed by atoms with E-state index in [-0.39, 0.29) is 22.9 Å². The van der Waals surface area contributed by atoms with Gasteiger partial charge in [0.05, 0.1) is 11.0 Å². The van der Waals surface area contributed by atoms with Crippen molar-refractivity contribution in [1.82, 2.24) is 10.2 Å². The lowest BCUT2D eigenvalue weighted by Crippen LogP contribution is -2.42. The fourth-order valence-electron chi connectivity index (χ4n) is 3.87. The third-order valence-corrected chi connectivity index (χ3v) is 7.65. The van der Waals surface area contributed by atoms with Crippen molar-refractivity contribution in [3.8, 4) is 10.4 Å². The van der Waals surface area contributed by atoms with Gasteiger partial charge in [-0.05, 0) is 54.1 Å². The van der Waals surface area contributed by atoms with Gasteiger partial charge in [0, 0.05) is 34.8 Å². The third-order valence-electron chi connectivity index (χ3n) is 5.99. The molecule has 3 N–H and O–H groups in total. The monoisotopic (exact) mass is 506 g/mol. The van der Waals surface area contributed by atoms with Crippen molar-refractivity contribution in [2.24, 2.45) is 5.41 Å². The molecule has 2 aromatic carbocycles. The SMILES string of the molecule is CCN(C)C(=O)c1ccc(-c2ccc(C(c3ccccc3)C(C)(C)C(=O)NC(=N)SC=N)s2)cc1. The summed E-state index contributed by atoms with van der Waals surface area (Å²) < 4.78 is 0. The lowest BCUT2D eigenvalue weighted by atomic mass is 9.73. The van der Waals surface area contributed by atoms with Crippen molar-refractivity contribution >= 4 is 45.6 Å². The van der Waals surface area contributed by atoms with Crippen LogP contribution in [0.15, 0.2) is 66.7 Å². The highest BCUT2D eigenvalue weighted by Gasteiger charge is 2.40. The van der Waals surface area contributed by atoms with Crippen LogP contribution >= 0.6 is 23.1 Å². The number of benzene rings is 2. The molecule has 0 spiro atoms. The second-order valence-corrected chi connectivity index (χ2v) is 10.7. The second-order valence-electron chi connectivity index (χ2n) is 8.68. The summed E-state index contributed by atoms with van der Waals surface area (Å²) in [4.78, 5) is 29.4. The molecule has 0 fully saturated rings. The Labute approximate surface area is 214 Å². The van der Waals surface area contributed by atoms with E-state index in [1.165, 1.54) is 0 Å². The minimum atomic E-state index is -0.862. The zero-order valence-electron chi connectivity index (χ0n) is 20.3. The smallest absolute Gasteiger partial charge is 0.253 e. The number of thiophene rings is 1. The molecule has 8 heteroatoms. The summed E-state index contributed by atoms with van der Waals surface area (Å²) in [5, 5.41) is 17.6. The molecule has 182 valence electrons. The fourth-order valence-corrected chi connectivity index (χ4v) is 5.47. The number of amidine groups is 1. The predicted octanol–water partition coefficient (Wildman–Crippen LogP) is 6.06. The highest BCUT2D eigenvalue weighted by atomic mass is 32.2. The normalized spacial score (nSPS) is 12.0. The van der Waals surface area contributed by atoms with Crippen molar-refractivity contribution in [3.63, 3.8) is 0 Å². The Morgan fingerprint density at radius 2 is 1.74 bits per heavy atom. The maximum Gasteiger partial charge on any atom is 0.253 e. The number of hydrogen-bond donors (Lipinski definition) is 3. The summed E-state index contributed by atoms with van der Waals surface area (Å²) >= 11 is 2.47. The molecular weight excluding hydrogens is 476 g/mol. The first kappa shape index (κ1) is 26.4. The van der Waals surface area contributed by atoms with E-state index in [1.54, 1.807) is 23.3 Å². The van der Waals surface area contributed by atoms with Crippen LogP contribution in [0.2, 0.25) is 0 Å². The number of nitrogens with zero attached hydrogens (tertiary/aromatic N) is 1. The first-order chi connectivity index (χ1) is 16.7. The van der Waals surface area contributed by atoms with Crippen LogP contribution in [0.5, 0.6) is 0 Å². The summed E-state index contributed by atoms with van der Waals surface area (Å²) in [6, 6.07) is 21.6. The van der Waals surface area contributed by atoms with Gasteiger partial charge < -0.3 is 15.6 Å². The summed E-state index contributed by atoms with van der Waals surface area (Å²) in [6.07, 6.45) is 0. The zero-order chi connectivity index (χ0) is 25.6. The van der Waals surface area contributed by atoms with E-state index in [2.05, 4.69) is 5.32 Å². The molecule has 2 amide bonds. The number of carbonyl (C=O) groups excluding carboxylic acids is 2. The predicted molar refractivity (Wildman–Crippen MR) is 147 cm³/mol. The minimum Gasteiger partial charge on any atom is -0.342 e. The van der Waals surface area contributed by atoms with Gasteiger partial charge in [0.15, 0.2) is 5.17 Å². The Kier molecular flexibility index (Phi) is 8.64. The molecule has 1 atom stereocenters. The van der Waals surface area contributed by atoms with E-state index in [9.17, 15) is 9.59 Å². The van der Waals surface area contributed by atoms with E-state index >= 15 is 0 Å². The maximum atomic E-state index is 13.2. The van der Waals surface area contributed by atoms with Gasteiger partial charge in [-0.2, -0.15) is 0 Å². The molecule has 1 unspecified atom stereocenters. The molecule has 1 aromatic heterocycles. The topological polar surface area (TPSA) is 97.1 Å². The molecule has 35 heavy (non-hydrogen) atoms. The third kappa shape index (κ3) is 6.07. The summed E-state index contributed by atoms with van der Waals surface area (Å²) in [6.45, 7) is 6.36. The summed E-state index contributed by atoms with van der Waals surface area (Å²) in [7, 11) is 1.79. The number of thioether (sulfide) groups is 1. The van der Waals surface area contributed by atoms with E-state index in [0.717, 1.165) is 38.2 Å². The molecular formula is C27H30N4O2S2. The molecule has 0 aliphatic heterocycles. The van der Waals surface area contributed by atoms with Crippen LogP contribution in [0.4, 0.5) is 0 Å². The van der Waals surface area contributed by atoms with E-state index < -0.39 is 5.41 Å². The Morgan fingerprint density at radius 3 is 2.34 bits per heavy atom. The van der Waals surface area contributed by atoms with Crippen molar-refractivity contribution < 1.29 is 9.59 Å². The van der Waals surface area contributed by atoms with Gasteiger partial charge in [0.25, 0.3) is 5.91 Å². The number of rotatable bonds is 8. The van der Waals surface area contributed by atoms with Gasteiger partial charge in [-0.15, -0.1) is 11.3 Å². The molecule has 0 aliphatic rings. The second kappa shape index (κ2) is 11.5. The average molecular weight is 507 g/mol. The van der Waals surface area contributed by atoms with Crippen LogP contribution in [0.3, 0.4) is 0 Å². The number of nitrogens with one attached hydrogen (secondary N) is 3. The number of amides is 2. The van der Waals surface area contributed by atoms with Gasteiger partial charge in [-0.1, -0.05) is 56.3 Å². The molecule has 0 saturated heterocycles. The Bertz CT molecular complexity index is 1200. The van der Waals surface area contributed by atoms with Gasteiger partial charge in [0.1, 0.15) is 0 Å². The minimum absolute atomic E-state index is 0.00503. The van der Waals surface area contributed by atoms with Gasteiger partial charge in [-0.25, -0.2) is 0 Å². The number of hydrogen-bond acceptors (Lipinski definition) is 6. The molecule has 0 bridgehead atoms. The van der Waals surface area contributed by atoms with Crippen LogP contribution < -0.4 is 5.32 Å². The molecule has 6 nitrogen and oxygen atoms in total. The van der Waals surface area contributed by atoms with E-state index in [4.69, 9.17) is 10.8 Å². The van der Waals surface area contributed by atoms with Crippen LogP contribution in [-0.4, -0.2) is 41.0 Å². The Hall–Kier alpha value is -3.23. The maximum absolute atomic E-state index is 13.2. The van der Waals surface area contributed by atoms with Crippen LogP contribution in [-0.2, 0) is 4.79 Å². The molecule has 1 heterocycles. The van der Waals surface area contributed by atoms with Crippen molar-refractivity contribution in [2.75, 3.05) is 13.6 Å². The molecule has 0 radical (unpaired) electrons. The van der Waals surface area contributed by atoms with E-state index in [1.807, 2.05) is 87.5 Å². The van der Waals surface area contributed by atoms with Crippen LogP contribution in [0.25, 0.3) is 10.4 Å². The molecule has 3 aromatic rings. The Balaban J connectivity index is 1.94. The molecule has 3 rings (SSSR count). The van der Waals surface area contributed by atoms with Crippen LogP contribution in [0.1, 0.15) is 47.5 Å². The number of carbonyl (C=O) groups is 2. The molecule has 0 aliphatic carbocycles. The Morgan fingerprint density at radius 1 is 1.09 bits per heavy atom. The van der Waals surface area contributed by atoms with E-state index in [0.29, 0.717) is 12.1 Å². The van der Waals surface area contributed by atoms with Crippen molar-refractivity contribution in [3.05, 3.63) is 82.7 Å². The van der Waals surface area contributed by atoms with Crippen molar-refractivity contribution in [1.29, 1.82) is 10.8 Å². The van der Waals surface area contributed by atoms with Crippen LogP contribution in [0, 0.1) is 16.2 Å². The lowest BCUT2D eigenvalue weighted by molar-refractivity contribution is -0.128. The summed E-state index contributed by atoms with van der Waals surface area (Å²) in [5.74, 6) is -0.516. The first-order valence-electron chi connectivity index (χ1n) is 11.2. The quantitative estimate of drug-likeness (QED) is 0.256. The fraction of sp³-hybridized carbons (Fsp3) is 0.259. The highest BCUT2D eigenvalue weighted by molar-refractivity contribution is 8.24. The average Bonchev–Trinajstić information content (AvgIpc) is 3.33. The largest absolute Gasteiger partial charge is 0.342 e. The van der Waals surface area contributed by atoms with Gasteiger partial charge >= 0.3 is 0 Å². The standard InChI is InChI=1S/C27H30N4O2S2/c1-5-31(4)24(32)20-13-11-18(12-14-20)21-15-16-22(35-21)23(19-9-7-6-8-10-19)27(2,3)25(33)30-26(29)34-17-28/h6-17,23,28H,5H2,1-4H3,(H2,29,30,33). The van der Waals surface area contributed by atoms with Gasteiger partial charge in [0.2, 0.25) is 5.91 Å². The first-order valence-corrected chi connectivity index (χ1v) is 12.9. The molecule has 0 saturated carbocycles. The lowest BCUT2D eigenvalue weighted by Gasteiger charge is -2.33. The summed E-state index contributed by atoms with van der Waals surface area (Å²) in [5.41, 5.74) is 2.83. The van der Waals surface area contributed by atoms with Gasteiger partial charge in [-0.3, -0.25) is 15.0 Å². The van der Waals surface area contributed by atoms with Crippen molar-refractivity contribution in [2.45, 2.75) is 26.7 Å². The zero-order valence-corrected chi connectivity index (χ0v) is 21.9. The highest BCUT2D eigenvalue weighted by Crippen LogP contribution is 2.45.